The van der Waals surface area contributed by atoms with Crippen LogP contribution in [0.4, 0.5) is 4.79 Å². The van der Waals surface area contributed by atoms with Crippen LogP contribution in [-0.4, -0.2) is 27.2 Å². The third-order valence-electron chi connectivity index (χ3n) is 4.25. The molecule has 0 fully saturated rings. The molecule has 0 aliphatic carbocycles. The van der Waals surface area contributed by atoms with Gasteiger partial charge in [-0.2, -0.15) is 0 Å². The van der Waals surface area contributed by atoms with Crippen LogP contribution >= 0.6 is 0 Å². The van der Waals surface area contributed by atoms with Crippen LogP contribution in [-0.2, 0) is 9.84 Å². The minimum Gasteiger partial charge on any atom is -0.338 e. The first kappa shape index (κ1) is 20.5. The van der Waals surface area contributed by atoms with Crippen LogP contribution in [0.3, 0.4) is 0 Å². The number of sulfone groups is 1. The van der Waals surface area contributed by atoms with Gasteiger partial charge in [-0.05, 0) is 37.0 Å². The number of nitrogens with one attached hydrogen (secondary N) is 2. The summed E-state index contributed by atoms with van der Waals surface area (Å²) in [6.07, 6.45) is 5.73. The fourth-order valence-corrected chi connectivity index (χ4v) is 3.15. The first-order valence-electron chi connectivity index (χ1n) is 8.62. The quantitative estimate of drug-likeness (QED) is 0.710. The molecule has 2 atom stereocenters. The Hall–Kier alpha value is -1.56. The predicted octanol–water partition coefficient (Wildman–Crippen LogP) is 3.67. The van der Waals surface area contributed by atoms with E-state index in [1.807, 2.05) is 6.92 Å². The zero-order valence-electron chi connectivity index (χ0n) is 15.1. The zero-order valence-corrected chi connectivity index (χ0v) is 15.9. The number of hydrogen-bond donors (Lipinski definition) is 2. The number of benzene rings is 1. The maximum absolute atomic E-state index is 12.0. The molecule has 1 aromatic rings. The van der Waals surface area contributed by atoms with Crippen molar-refractivity contribution in [2.24, 2.45) is 5.92 Å². The summed E-state index contributed by atoms with van der Waals surface area (Å²) in [5.41, 5.74) is 0.871. The minimum absolute atomic E-state index is 0.186. The Morgan fingerprint density at radius 3 is 2.29 bits per heavy atom. The SMILES string of the molecule is CCCCC(CC)CNC(=O)NC(C)c1ccc(S(C)(=O)=O)cc1. The highest BCUT2D eigenvalue weighted by Gasteiger charge is 2.13. The van der Waals surface area contributed by atoms with Gasteiger partial charge in [-0.25, -0.2) is 13.2 Å². The van der Waals surface area contributed by atoms with Gasteiger partial charge in [-0.15, -0.1) is 0 Å². The summed E-state index contributed by atoms with van der Waals surface area (Å²) in [7, 11) is -3.20. The number of hydrogen-bond acceptors (Lipinski definition) is 3. The van der Waals surface area contributed by atoms with Crippen molar-refractivity contribution in [2.75, 3.05) is 12.8 Å². The molecule has 0 aliphatic rings. The second kappa shape index (κ2) is 9.67. The normalized spacial score (nSPS) is 14.0. The van der Waals surface area contributed by atoms with Gasteiger partial charge in [0.2, 0.25) is 0 Å². The summed E-state index contributed by atoms with van der Waals surface area (Å²) < 4.78 is 22.9. The Morgan fingerprint density at radius 1 is 1.17 bits per heavy atom. The van der Waals surface area contributed by atoms with E-state index in [-0.39, 0.29) is 17.0 Å². The highest BCUT2D eigenvalue weighted by molar-refractivity contribution is 7.90. The molecule has 2 unspecified atom stereocenters. The van der Waals surface area contributed by atoms with Crippen LogP contribution in [0.25, 0.3) is 0 Å². The highest BCUT2D eigenvalue weighted by atomic mass is 32.2. The van der Waals surface area contributed by atoms with E-state index in [0.29, 0.717) is 12.5 Å². The van der Waals surface area contributed by atoms with Crippen LogP contribution in [0.15, 0.2) is 29.2 Å². The topological polar surface area (TPSA) is 75.3 Å². The van der Waals surface area contributed by atoms with E-state index < -0.39 is 9.84 Å². The minimum atomic E-state index is -3.20. The lowest BCUT2D eigenvalue weighted by Gasteiger charge is -2.18. The molecule has 6 heteroatoms. The lowest BCUT2D eigenvalue weighted by atomic mass is 9.99. The maximum Gasteiger partial charge on any atom is 0.315 e. The standard InChI is InChI=1S/C18H30N2O3S/c1-5-7-8-15(6-2)13-19-18(21)20-14(3)16-9-11-17(12-10-16)24(4,22)23/h9-12,14-15H,5-8,13H2,1-4H3,(H2,19,20,21). The van der Waals surface area contributed by atoms with Gasteiger partial charge in [-0.3, -0.25) is 0 Å². The molecule has 0 saturated heterocycles. The van der Waals surface area contributed by atoms with Crippen molar-refractivity contribution in [1.29, 1.82) is 0 Å². The Kier molecular flexibility index (Phi) is 8.25. The zero-order chi connectivity index (χ0) is 18.2. The van der Waals surface area contributed by atoms with Crippen molar-refractivity contribution in [3.8, 4) is 0 Å². The lowest BCUT2D eigenvalue weighted by molar-refractivity contribution is 0.235. The van der Waals surface area contributed by atoms with Crippen LogP contribution in [0.2, 0.25) is 0 Å². The van der Waals surface area contributed by atoms with Crippen molar-refractivity contribution < 1.29 is 13.2 Å². The molecule has 0 bridgehead atoms. The average molecular weight is 355 g/mol. The van der Waals surface area contributed by atoms with E-state index in [1.165, 1.54) is 19.1 Å². The van der Waals surface area contributed by atoms with Gasteiger partial charge in [0.25, 0.3) is 0 Å². The van der Waals surface area contributed by atoms with E-state index in [1.54, 1.807) is 24.3 Å². The molecule has 0 radical (unpaired) electrons. The Labute approximate surface area is 146 Å². The van der Waals surface area contributed by atoms with Crippen molar-refractivity contribution in [3.63, 3.8) is 0 Å². The monoisotopic (exact) mass is 354 g/mol. The van der Waals surface area contributed by atoms with Gasteiger partial charge in [0, 0.05) is 12.8 Å². The Morgan fingerprint density at radius 2 is 1.79 bits per heavy atom. The molecule has 1 rings (SSSR count). The molecule has 2 N–H and O–H groups in total. The van der Waals surface area contributed by atoms with E-state index in [2.05, 4.69) is 24.5 Å². The number of unbranched alkanes of at least 4 members (excludes halogenated alkanes) is 1. The molecule has 0 heterocycles. The fourth-order valence-electron chi connectivity index (χ4n) is 2.52. The molecule has 0 saturated carbocycles. The Balaban J connectivity index is 2.51. The van der Waals surface area contributed by atoms with Crippen LogP contribution in [0, 0.1) is 5.92 Å². The molecule has 1 aromatic carbocycles. The molecule has 0 aromatic heterocycles. The molecular formula is C18H30N2O3S. The van der Waals surface area contributed by atoms with E-state index in [0.717, 1.165) is 18.4 Å². The third-order valence-corrected chi connectivity index (χ3v) is 5.38. The highest BCUT2D eigenvalue weighted by Crippen LogP contribution is 2.16. The number of rotatable bonds is 9. The average Bonchev–Trinajstić information content (AvgIpc) is 2.54. The number of carbonyl (C=O) groups is 1. The summed E-state index contributed by atoms with van der Waals surface area (Å²) >= 11 is 0. The first-order chi connectivity index (χ1) is 11.3. The van der Waals surface area contributed by atoms with Crippen molar-refractivity contribution in [1.82, 2.24) is 10.6 Å². The second-order valence-corrected chi connectivity index (χ2v) is 8.35. The van der Waals surface area contributed by atoms with Gasteiger partial charge in [0.15, 0.2) is 9.84 Å². The van der Waals surface area contributed by atoms with Gasteiger partial charge >= 0.3 is 6.03 Å². The molecule has 136 valence electrons. The van der Waals surface area contributed by atoms with Gasteiger partial charge in [-0.1, -0.05) is 45.2 Å². The van der Waals surface area contributed by atoms with E-state index in [4.69, 9.17) is 0 Å². The summed E-state index contributed by atoms with van der Waals surface area (Å²) in [6, 6.07) is 6.23. The van der Waals surface area contributed by atoms with Crippen molar-refractivity contribution in [3.05, 3.63) is 29.8 Å². The van der Waals surface area contributed by atoms with Crippen LogP contribution in [0.1, 0.15) is 58.1 Å². The third kappa shape index (κ3) is 6.91. The fraction of sp³-hybridized carbons (Fsp3) is 0.611. The number of carbonyl (C=O) groups excluding carboxylic acids is 1. The van der Waals surface area contributed by atoms with E-state index >= 15 is 0 Å². The van der Waals surface area contributed by atoms with Crippen LogP contribution in [0.5, 0.6) is 0 Å². The summed E-state index contributed by atoms with van der Waals surface area (Å²) in [4.78, 5) is 12.3. The summed E-state index contributed by atoms with van der Waals surface area (Å²) in [5.74, 6) is 0.514. The molecule has 0 spiro atoms. The van der Waals surface area contributed by atoms with Gasteiger partial charge in [0.05, 0.1) is 10.9 Å². The smallest absolute Gasteiger partial charge is 0.315 e. The first-order valence-corrected chi connectivity index (χ1v) is 10.5. The summed E-state index contributed by atoms with van der Waals surface area (Å²) in [5, 5.41) is 5.82. The largest absolute Gasteiger partial charge is 0.338 e. The number of amides is 2. The number of urea groups is 1. The molecule has 5 nitrogen and oxygen atoms in total. The maximum atomic E-state index is 12.0. The molecule has 2 amide bonds. The van der Waals surface area contributed by atoms with Crippen LogP contribution < -0.4 is 10.6 Å². The van der Waals surface area contributed by atoms with Gasteiger partial charge < -0.3 is 10.6 Å². The molecular weight excluding hydrogens is 324 g/mol. The molecule has 0 aliphatic heterocycles. The van der Waals surface area contributed by atoms with Gasteiger partial charge in [0.1, 0.15) is 0 Å². The van der Waals surface area contributed by atoms with E-state index in [9.17, 15) is 13.2 Å². The second-order valence-electron chi connectivity index (χ2n) is 6.33. The van der Waals surface area contributed by atoms with Crippen molar-refractivity contribution in [2.45, 2.75) is 57.4 Å². The predicted molar refractivity (Wildman–Crippen MR) is 97.8 cm³/mol. The summed E-state index contributed by atoms with van der Waals surface area (Å²) in [6.45, 7) is 6.88. The van der Waals surface area contributed by atoms with Crippen molar-refractivity contribution >= 4 is 15.9 Å². The lowest BCUT2D eigenvalue weighted by Crippen LogP contribution is -2.39. The Bertz CT molecular complexity index is 612. The molecule has 24 heavy (non-hydrogen) atoms.